The third-order valence-electron chi connectivity index (χ3n) is 0.972. The zero-order valence-electron chi connectivity index (χ0n) is 5.27. The Bertz CT molecular complexity index is 364. The molecule has 0 amide bonds. The molecule has 0 radical (unpaired) electrons. The van der Waals surface area contributed by atoms with E-state index in [-0.39, 0.29) is 0 Å². The fraction of sp³-hybridized carbons (Fsp3) is 0. The van der Waals surface area contributed by atoms with E-state index in [0.29, 0.717) is 0 Å². The first-order valence-electron chi connectivity index (χ1n) is 2.64. The van der Waals surface area contributed by atoms with Gasteiger partial charge in [0.15, 0.2) is 0 Å². The summed E-state index contributed by atoms with van der Waals surface area (Å²) in [7, 11) is 0. The first-order valence-corrected chi connectivity index (χ1v) is 2.64. The van der Waals surface area contributed by atoms with Crippen LogP contribution in [-0.4, -0.2) is 9.66 Å². The second kappa shape index (κ2) is 2.78. The van der Waals surface area contributed by atoms with Gasteiger partial charge in [-0.15, -0.1) is 4.91 Å². The van der Waals surface area contributed by atoms with Gasteiger partial charge in [-0.3, -0.25) is 9.78 Å². The number of aromatic amines is 1. The summed E-state index contributed by atoms with van der Waals surface area (Å²) in [5.74, 6) is 0. The van der Waals surface area contributed by atoms with Gasteiger partial charge in [0, 0.05) is 12.3 Å². The van der Waals surface area contributed by atoms with Gasteiger partial charge in [0.05, 0.1) is 5.29 Å². The fourth-order valence-corrected chi connectivity index (χ4v) is 0.540. The lowest BCUT2D eigenvalue weighted by Gasteiger charge is -1.96. The lowest BCUT2D eigenvalue weighted by Crippen LogP contribution is -2.32. The van der Waals surface area contributed by atoms with Crippen molar-refractivity contribution < 1.29 is 0 Å². The first-order chi connectivity index (χ1) is 5.24. The Morgan fingerprint density at radius 1 is 1.55 bits per heavy atom. The van der Waals surface area contributed by atoms with Crippen LogP contribution in [0.15, 0.2) is 27.1 Å². The molecule has 0 unspecified atom stereocenters. The zero-order chi connectivity index (χ0) is 8.27. The number of nitroso groups, excluding NO2 is 1. The van der Waals surface area contributed by atoms with E-state index in [2.05, 4.69) is 5.29 Å². The minimum absolute atomic E-state index is 0.529. The van der Waals surface area contributed by atoms with Crippen molar-refractivity contribution in [1.82, 2.24) is 9.66 Å². The van der Waals surface area contributed by atoms with Crippen molar-refractivity contribution in [3.63, 3.8) is 0 Å². The van der Waals surface area contributed by atoms with E-state index in [9.17, 15) is 14.5 Å². The SMILES string of the molecule is O=NNn1ccc(=O)[nH]c1=O. The molecule has 1 rings (SSSR count). The highest BCUT2D eigenvalue weighted by atomic mass is 16.3. The second-order valence-electron chi connectivity index (χ2n) is 1.67. The van der Waals surface area contributed by atoms with E-state index in [1.165, 1.54) is 0 Å². The van der Waals surface area contributed by atoms with Gasteiger partial charge < -0.3 is 0 Å². The van der Waals surface area contributed by atoms with Crippen molar-refractivity contribution in [2.24, 2.45) is 5.29 Å². The predicted octanol–water partition coefficient (Wildman–Crippen LogP) is -1.24. The van der Waals surface area contributed by atoms with Gasteiger partial charge in [-0.25, -0.2) is 4.79 Å². The summed E-state index contributed by atoms with van der Waals surface area (Å²) in [5, 5.41) is 2.24. The summed E-state index contributed by atoms with van der Waals surface area (Å²) in [4.78, 5) is 32.6. The van der Waals surface area contributed by atoms with Crippen LogP contribution in [-0.2, 0) is 0 Å². The molecule has 7 nitrogen and oxygen atoms in total. The zero-order valence-corrected chi connectivity index (χ0v) is 5.27. The van der Waals surface area contributed by atoms with Gasteiger partial charge in [-0.05, 0) is 0 Å². The monoisotopic (exact) mass is 156 g/mol. The van der Waals surface area contributed by atoms with Crippen LogP contribution >= 0.6 is 0 Å². The van der Waals surface area contributed by atoms with Gasteiger partial charge in [0.25, 0.3) is 5.56 Å². The van der Waals surface area contributed by atoms with Crippen LogP contribution in [0.1, 0.15) is 0 Å². The average Bonchev–Trinajstić information content (AvgIpc) is 1.95. The third kappa shape index (κ3) is 1.51. The predicted molar refractivity (Wildman–Crippen MR) is 36.5 cm³/mol. The number of nitrogens with one attached hydrogen (secondary N) is 2. The Labute approximate surface area is 59.6 Å². The standard InChI is InChI=1S/C4H4N4O3/c9-3-1-2-8(6-7-11)4(10)5-3/h1-2H,(H,6,11)(H,5,9,10). The average molecular weight is 156 g/mol. The molecule has 0 fully saturated rings. The first kappa shape index (κ1) is 7.19. The molecule has 58 valence electrons. The Morgan fingerprint density at radius 2 is 2.27 bits per heavy atom. The number of hydrogen-bond acceptors (Lipinski definition) is 4. The highest BCUT2D eigenvalue weighted by Crippen LogP contribution is 1.66. The van der Waals surface area contributed by atoms with Gasteiger partial charge in [0.2, 0.25) is 0 Å². The van der Waals surface area contributed by atoms with Crippen LogP contribution in [0, 0.1) is 4.91 Å². The molecule has 1 aromatic rings. The maximum Gasteiger partial charge on any atom is 0.348 e. The highest BCUT2D eigenvalue weighted by Gasteiger charge is 1.91. The molecule has 0 bridgehead atoms. The Morgan fingerprint density at radius 3 is 2.82 bits per heavy atom. The van der Waals surface area contributed by atoms with Crippen molar-refractivity contribution >= 4 is 0 Å². The second-order valence-corrected chi connectivity index (χ2v) is 1.67. The van der Waals surface area contributed by atoms with Gasteiger partial charge in [-0.1, -0.05) is 0 Å². The smallest absolute Gasteiger partial charge is 0.272 e. The Balaban J connectivity index is 3.19. The normalized spacial score (nSPS) is 9.09. The number of H-pyrrole nitrogens is 1. The molecular formula is C4H4N4O3. The number of aromatic nitrogens is 2. The Hall–Kier alpha value is -1.92. The van der Waals surface area contributed by atoms with Crippen LogP contribution in [0.4, 0.5) is 0 Å². The molecule has 2 N–H and O–H groups in total. The van der Waals surface area contributed by atoms with Crippen molar-refractivity contribution in [2.45, 2.75) is 0 Å². The highest BCUT2D eigenvalue weighted by molar-refractivity contribution is 4.84. The maximum absolute atomic E-state index is 10.7. The van der Waals surface area contributed by atoms with E-state index < -0.39 is 11.2 Å². The molecule has 1 heterocycles. The van der Waals surface area contributed by atoms with Crippen LogP contribution in [0.3, 0.4) is 0 Å². The molecule has 0 saturated heterocycles. The molecular weight excluding hydrogens is 152 g/mol. The third-order valence-corrected chi connectivity index (χ3v) is 0.972. The van der Waals surface area contributed by atoms with E-state index in [0.717, 1.165) is 16.9 Å². The van der Waals surface area contributed by atoms with E-state index >= 15 is 0 Å². The number of nitrogens with zero attached hydrogens (tertiary/aromatic N) is 2. The van der Waals surface area contributed by atoms with Gasteiger partial charge in [-0.2, -0.15) is 10.2 Å². The number of rotatable bonds is 2. The molecule has 0 aliphatic carbocycles. The van der Waals surface area contributed by atoms with Crippen LogP contribution in [0.5, 0.6) is 0 Å². The molecule has 11 heavy (non-hydrogen) atoms. The quantitative estimate of drug-likeness (QED) is 0.413. The van der Waals surface area contributed by atoms with Crippen molar-refractivity contribution in [3.8, 4) is 0 Å². The Kier molecular flexibility index (Phi) is 1.81. The van der Waals surface area contributed by atoms with Gasteiger partial charge in [0.1, 0.15) is 0 Å². The summed E-state index contributed by atoms with van der Waals surface area (Å²) in [6, 6.07) is 1.08. The summed E-state index contributed by atoms with van der Waals surface area (Å²) >= 11 is 0. The maximum atomic E-state index is 10.7. The molecule has 7 heteroatoms. The topological polar surface area (TPSA) is 96.3 Å². The van der Waals surface area contributed by atoms with Crippen molar-refractivity contribution in [3.05, 3.63) is 38.0 Å². The minimum atomic E-state index is -0.739. The van der Waals surface area contributed by atoms with Crippen LogP contribution in [0.25, 0.3) is 0 Å². The van der Waals surface area contributed by atoms with Crippen molar-refractivity contribution in [1.29, 1.82) is 0 Å². The van der Waals surface area contributed by atoms with E-state index in [1.807, 2.05) is 4.98 Å². The van der Waals surface area contributed by atoms with Crippen LogP contribution < -0.4 is 16.8 Å². The lowest BCUT2D eigenvalue weighted by atomic mass is 10.7. The summed E-state index contributed by atoms with van der Waals surface area (Å²) in [6.07, 6.45) is 1.10. The lowest BCUT2D eigenvalue weighted by molar-refractivity contribution is 0.781. The van der Waals surface area contributed by atoms with E-state index in [4.69, 9.17) is 0 Å². The fourth-order valence-electron chi connectivity index (χ4n) is 0.540. The summed E-state index contributed by atoms with van der Waals surface area (Å²) in [6.45, 7) is 0. The van der Waals surface area contributed by atoms with E-state index in [1.54, 1.807) is 5.53 Å². The molecule has 0 saturated carbocycles. The summed E-state index contributed by atoms with van der Waals surface area (Å²) in [5.41, 5.74) is 0.539. The molecule has 0 spiro atoms. The summed E-state index contributed by atoms with van der Waals surface area (Å²) < 4.78 is 0.744. The van der Waals surface area contributed by atoms with Crippen LogP contribution in [0.2, 0.25) is 0 Å². The molecule has 0 aliphatic rings. The largest absolute Gasteiger partial charge is 0.348 e. The molecule has 0 aromatic carbocycles. The molecule has 0 aliphatic heterocycles. The molecule has 1 aromatic heterocycles. The van der Waals surface area contributed by atoms with Gasteiger partial charge >= 0.3 is 5.69 Å². The minimum Gasteiger partial charge on any atom is -0.272 e. The van der Waals surface area contributed by atoms with Crippen molar-refractivity contribution in [2.75, 3.05) is 5.53 Å². The molecule has 0 atom stereocenters. The number of hydrogen-bond donors (Lipinski definition) is 2.